The van der Waals surface area contributed by atoms with E-state index in [1.54, 1.807) is 0 Å². The van der Waals surface area contributed by atoms with Crippen LogP contribution in [0.3, 0.4) is 0 Å². The Bertz CT molecular complexity index is 441. The molecule has 1 atom stereocenters. The van der Waals surface area contributed by atoms with Crippen molar-refractivity contribution in [2.75, 3.05) is 6.54 Å². The van der Waals surface area contributed by atoms with E-state index in [-0.39, 0.29) is 6.42 Å². The van der Waals surface area contributed by atoms with Crippen molar-refractivity contribution < 1.29 is 19.4 Å². The third kappa shape index (κ3) is 19.9. The van der Waals surface area contributed by atoms with Crippen molar-refractivity contribution >= 4 is 11.9 Å². The number of hydrogen-bond donors (Lipinski definition) is 2. The summed E-state index contributed by atoms with van der Waals surface area (Å²) in [5.41, 5.74) is 11.1. The molecule has 0 amide bonds. The van der Waals surface area contributed by atoms with E-state index in [4.69, 9.17) is 11.5 Å². The molecule has 0 saturated carbocycles. The molecule has 0 aromatic carbocycles. The molecule has 0 aromatic rings. The number of nitrogens with two attached hydrogens (primary N) is 2. The highest BCUT2D eigenvalue weighted by molar-refractivity contribution is 5.76. The smallest absolute Gasteiger partial charge is 0.330 e. The van der Waals surface area contributed by atoms with Gasteiger partial charge in [-0.2, -0.15) is 0 Å². The molecule has 0 unspecified atom stereocenters. The van der Waals surface area contributed by atoms with Gasteiger partial charge in [-0.3, -0.25) is 0 Å². The minimum Gasteiger partial charge on any atom is -0.330 e. The van der Waals surface area contributed by atoms with Gasteiger partial charge in [0.05, 0.1) is 6.42 Å². The topological polar surface area (TPSA) is 105 Å². The molecule has 0 fully saturated rings. The molecular weight excluding hydrogens is 380 g/mol. The van der Waals surface area contributed by atoms with Crippen LogP contribution in [0.4, 0.5) is 0 Å². The predicted octanol–water partition coefficient (Wildman–Crippen LogP) is 5.48. The first-order valence-corrected chi connectivity index (χ1v) is 12.1. The van der Waals surface area contributed by atoms with Gasteiger partial charge in [-0.05, 0) is 51.5 Å². The molecule has 0 aliphatic heterocycles. The van der Waals surface area contributed by atoms with E-state index in [1.807, 2.05) is 0 Å². The third-order valence-corrected chi connectivity index (χ3v) is 5.13. The van der Waals surface area contributed by atoms with Gasteiger partial charge in [0.2, 0.25) is 0 Å². The average molecular weight is 427 g/mol. The lowest BCUT2D eigenvalue weighted by atomic mass is 10.1. The van der Waals surface area contributed by atoms with Gasteiger partial charge < -0.3 is 11.5 Å². The molecule has 0 aliphatic carbocycles. The maximum absolute atomic E-state index is 11.6. The second-order valence-corrected chi connectivity index (χ2v) is 8.08. The van der Waals surface area contributed by atoms with E-state index in [1.165, 1.54) is 57.8 Å². The highest BCUT2D eigenvalue weighted by Gasteiger charge is 2.17. The number of carbonyl (C=O) groups is 2. The highest BCUT2D eigenvalue weighted by Crippen LogP contribution is 2.10. The molecule has 0 aliphatic rings. The highest BCUT2D eigenvalue weighted by atomic mass is 17.2. The summed E-state index contributed by atoms with van der Waals surface area (Å²) in [6.07, 6.45) is 22.5. The zero-order valence-corrected chi connectivity index (χ0v) is 19.2. The van der Waals surface area contributed by atoms with Gasteiger partial charge in [-0.1, -0.05) is 76.9 Å². The van der Waals surface area contributed by atoms with Gasteiger partial charge in [0.25, 0.3) is 0 Å². The Morgan fingerprint density at radius 1 is 0.767 bits per heavy atom. The number of rotatable bonds is 20. The first-order chi connectivity index (χ1) is 14.6. The molecule has 4 N–H and O–H groups in total. The summed E-state index contributed by atoms with van der Waals surface area (Å²) in [6, 6.07) is -0.774. The maximum atomic E-state index is 11.6. The molecule has 0 saturated heterocycles. The lowest BCUT2D eigenvalue weighted by Gasteiger charge is -2.09. The van der Waals surface area contributed by atoms with Crippen LogP contribution in [-0.4, -0.2) is 24.5 Å². The van der Waals surface area contributed by atoms with Crippen LogP contribution in [0.2, 0.25) is 0 Å². The Morgan fingerprint density at radius 3 is 1.93 bits per heavy atom. The fourth-order valence-corrected chi connectivity index (χ4v) is 3.16. The van der Waals surface area contributed by atoms with Gasteiger partial charge in [0, 0.05) is 0 Å². The molecule has 0 radical (unpaired) electrons. The minimum atomic E-state index is -0.774. The second-order valence-electron chi connectivity index (χ2n) is 8.08. The molecule has 30 heavy (non-hydrogen) atoms. The van der Waals surface area contributed by atoms with Gasteiger partial charge >= 0.3 is 11.9 Å². The lowest BCUT2D eigenvalue weighted by Crippen LogP contribution is -2.33. The standard InChI is InChI=1S/C24H46N2O4/c1-2-3-4-5-6-7-8-9-10-11-12-13-14-15-16-20-23(27)29-30-24(28)22(26)19-17-18-21-25/h9-10,22H,2-8,11-21,25-26H2,1H3/b10-9+/t22-/m0/s1. The van der Waals surface area contributed by atoms with Crippen LogP contribution in [0.5, 0.6) is 0 Å². The van der Waals surface area contributed by atoms with E-state index in [0.717, 1.165) is 38.5 Å². The first-order valence-electron chi connectivity index (χ1n) is 12.1. The van der Waals surface area contributed by atoms with E-state index in [0.29, 0.717) is 13.0 Å². The van der Waals surface area contributed by atoms with Gasteiger partial charge in [-0.15, -0.1) is 0 Å². The second kappa shape index (κ2) is 22.3. The number of unbranched alkanes of at least 4 members (excludes halogenated alkanes) is 12. The van der Waals surface area contributed by atoms with Crippen molar-refractivity contribution in [2.24, 2.45) is 11.5 Å². The number of hydrogen-bond acceptors (Lipinski definition) is 6. The minimum absolute atomic E-state index is 0.258. The van der Waals surface area contributed by atoms with Crippen LogP contribution >= 0.6 is 0 Å². The molecule has 176 valence electrons. The summed E-state index contributed by atoms with van der Waals surface area (Å²) in [4.78, 5) is 32.3. The summed E-state index contributed by atoms with van der Waals surface area (Å²) in [5.74, 6) is -1.22. The predicted molar refractivity (Wildman–Crippen MR) is 123 cm³/mol. The van der Waals surface area contributed by atoms with Gasteiger partial charge in [0.1, 0.15) is 6.04 Å². The van der Waals surface area contributed by atoms with Crippen LogP contribution in [-0.2, 0) is 19.4 Å². The van der Waals surface area contributed by atoms with E-state index < -0.39 is 18.0 Å². The lowest BCUT2D eigenvalue weighted by molar-refractivity contribution is -0.260. The Morgan fingerprint density at radius 2 is 1.33 bits per heavy atom. The van der Waals surface area contributed by atoms with Crippen molar-refractivity contribution in [1.29, 1.82) is 0 Å². The molecule has 0 heterocycles. The van der Waals surface area contributed by atoms with Crippen molar-refractivity contribution in [3.8, 4) is 0 Å². The summed E-state index contributed by atoms with van der Waals surface area (Å²) in [5, 5.41) is 0. The van der Waals surface area contributed by atoms with Crippen LogP contribution < -0.4 is 11.5 Å². The molecule has 0 aromatic heterocycles. The Labute approximate surface area is 184 Å². The molecule has 0 rings (SSSR count). The van der Waals surface area contributed by atoms with Gasteiger partial charge in [0.15, 0.2) is 0 Å². The zero-order chi connectivity index (χ0) is 22.3. The number of allylic oxidation sites excluding steroid dienone is 2. The quantitative estimate of drug-likeness (QED) is 0.116. The van der Waals surface area contributed by atoms with Crippen LogP contribution in [0.15, 0.2) is 12.2 Å². The van der Waals surface area contributed by atoms with E-state index in [2.05, 4.69) is 28.9 Å². The zero-order valence-electron chi connectivity index (χ0n) is 19.2. The fraction of sp³-hybridized carbons (Fsp3) is 0.833. The Hall–Kier alpha value is -1.40. The Balaban J connectivity index is 3.42. The summed E-state index contributed by atoms with van der Waals surface area (Å²) < 4.78 is 0. The van der Waals surface area contributed by atoms with Crippen LogP contribution in [0, 0.1) is 0 Å². The fourth-order valence-electron chi connectivity index (χ4n) is 3.16. The number of carbonyl (C=O) groups excluding carboxylic acids is 2. The average Bonchev–Trinajstić information content (AvgIpc) is 2.74. The van der Waals surface area contributed by atoms with Crippen LogP contribution in [0.1, 0.15) is 116 Å². The van der Waals surface area contributed by atoms with Gasteiger partial charge in [-0.25, -0.2) is 19.4 Å². The monoisotopic (exact) mass is 426 g/mol. The SMILES string of the molecule is CCCCCCCC/C=C/CCCCCCCC(=O)OOC(=O)[C@@H](N)CCCCN. The summed E-state index contributed by atoms with van der Waals surface area (Å²) >= 11 is 0. The van der Waals surface area contributed by atoms with Crippen LogP contribution in [0.25, 0.3) is 0 Å². The summed E-state index contributed by atoms with van der Waals surface area (Å²) in [7, 11) is 0. The van der Waals surface area contributed by atoms with E-state index >= 15 is 0 Å². The molecule has 0 bridgehead atoms. The summed E-state index contributed by atoms with van der Waals surface area (Å²) in [6.45, 7) is 2.81. The Kier molecular flexibility index (Phi) is 21.2. The molecule has 6 nitrogen and oxygen atoms in total. The largest absolute Gasteiger partial charge is 0.372 e. The first kappa shape index (κ1) is 28.6. The normalized spacial score (nSPS) is 12.2. The third-order valence-electron chi connectivity index (χ3n) is 5.13. The van der Waals surface area contributed by atoms with Crippen molar-refractivity contribution in [1.82, 2.24) is 0 Å². The molecule has 6 heteroatoms. The van der Waals surface area contributed by atoms with E-state index in [9.17, 15) is 9.59 Å². The maximum Gasteiger partial charge on any atom is 0.372 e. The van der Waals surface area contributed by atoms with Crippen molar-refractivity contribution in [3.05, 3.63) is 12.2 Å². The van der Waals surface area contributed by atoms with Crippen molar-refractivity contribution in [2.45, 2.75) is 122 Å². The molecular formula is C24H46N2O4. The molecule has 0 spiro atoms. The van der Waals surface area contributed by atoms with Crippen molar-refractivity contribution in [3.63, 3.8) is 0 Å².